The van der Waals surface area contributed by atoms with Gasteiger partial charge in [-0.1, -0.05) is 6.42 Å². The lowest BCUT2D eigenvalue weighted by Gasteiger charge is -2.02. The van der Waals surface area contributed by atoms with Crippen LogP contribution in [0.4, 0.5) is 4.39 Å². The first-order chi connectivity index (χ1) is 7.65. The van der Waals surface area contributed by atoms with Crippen LogP contribution >= 0.6 is 11.6 Å². The number of carbonyl (C=O) groups excluding carboxylic acids is 1. The van der Waals surface area contributed by atoms with Crippen molar-refractivity contribution in [2.45, 2.75) is 32.6 Å². The van der Waals surface area contributed by atoms with Crippen LogP contribution in [0.15, 0.2) is 18.2 Å². The fraction of sp³-hybridized carbons (Fsp3) is 0.462. The molecule has 16 heavy (non-hydrogen) atoms. The van der Waals surface area contributed by atoms with E-state index in [2.05, 4.69) is 0 Å². The summed E-state index contributed by atoms with van der Waals surface area (Å²) in [6.45, 7) is 1.67. The smallest absolute Gasteiger partial charge is 0.162 e. The lowest BCUT2D eigenvalue weighted by atomic mass is 10.0. The summed E-state index contributed by atoms with van der Waals surface area (Å²) in [5.74, 6) is 0.459. The van der Waals surface area contributed by atoms with Crippen molar-refractivity contribution in [2.24, 2.45) is 0 Å². The van der Waals surface area contributed by atoms with Crippen molar-refractivity contribution in [3.8, 4) is 0 Å². The van der Waals surface area contributed by atoms with Gasteiger partial charge < -0.3 is 0 Å². The second-order valence-corrected chi connectivity index (χ2v) is 4.26. The largest absolute Gasteiger partial charge is 0.294 e. The molecular formula is C13H16ClFO. The van der Waals surface area contributed by atoms with Crippen LogP contribution in [0.5, 0.6) is 0 Å². The van der Waals surface area contributed by atoms with Crippen molar-refractivity contribution in [1.29, 1.82) is 0 Å². The minimum atomic E-state index is -0.265. The van der Waals surface area contributed by atoms with Crippen LogP contribution in [0, 0.1) is 12.7 Å². The standard InChI is InChI=1S/C13H16ClFO/c1-10-9-11(6-7-12(10)15)13(16)5-3-2-4-8-14/h6-7,9H,2-5,8H2,1H3. The van der Waals surface area contributed by atoms with E-state index in [1.54, 1.807) is 19.1 Å². The van der Waals surface area contributed by atoms with Gasteiger partial charge in [0.15, 0.2) is 5.78 Å². The third kappa shape index (κ3) is 3.93. The predicted molar refractivity (Wildman–Crippen MR) is 64.7 cm³/mol. The molecule has 0 heterocycles. The number of unbranched alkanes of at least 4 members (excludes halogenated alkanes) is 2. The van der Waals surface area contributed by atoms with E-state index in [0.29, 0.717) is 23.4 Å². The van der Waals surface area contributed by atoms with E-state index in [4.69, 9.17) is 11.6 Å². The quantitative estimate of drug-likeness (QED) is 0.417. The molecule has 1 rings (SSSR count). The Morgan fingerprint density at radius 3 is 2.69 bits per heavy atom. The molecule has 1 nitrogen and oxygen atoms in total. The van der Waals surface area contributed by atoms with E-state index in [-0.39, 0.29) is 11.6 Å². The van der Waals surface area contributed by atoms with Gasteiger partial charge in [0, 0.05) is 17.9 Å². The van der Waals surface area contributed by atoms with E-state index in [9.17, 15) is 9.18 Å². The van der Waals surface area contributed by atoms with Gasteiger partial charge in [0.05, 0.1) is 0 Å². The number of rotatable bonds is 6. The Labute approximate surface area is 101 Å². The van der Waals surface area contributed by atoms with Crippen LogP contribution in [0.25, 0.3) is 0 Å². The Morgan fingerprint density at radius 1 is 1.31 bits per heavy atom. The van der Waals surface area contributed by atoms with E-state index < -0.39 is 0 Å². The number of carbonyl (C=O) groups is 1. The number of ketones is 1. The zero-order valence-electron chi connectivity index (χ0n) is 9.43. The van der Waals surface area contributed by atoms with Crippen molar-refractivity contribution < 1.29 is 9.18 Å². The molecule has 0 spiro atoms. The average Bonchev–Trinajstić information content (AvgIpc) is 2.28. The maximum absolute atomic E-state index is 13.0. The molecule has 0 amide bonds. The average molecular weight is 243 g/mol. The van der Waals surface area contributed by atoms with Crippen LogP contribution in [-0.4, -0.2) is 11.7 Å². The van der Waals surface area contributed by atoms with Crippen LogP contribution in [0.1, 0.15) is 41.6 Å². The van der Waals surface area contributed by atoms with Gasteiger partial charge in [0.2, 0.25) is 0 Å². The van der Waals surface area contributed by atoms with Crippen molar-refractivity contribution in [1.82, 2.24) is 0 Å². The molecule has 88 valence electrons. The highest BCUT2D eigenvalue weighted by atomic mass is 35.5. The predicted octanol–water partition coefficient (Wildman–Crippen LogP) is 4.12. The number of aryl methyl sites for hydroxylation is 1. The first kappa shape index (κ1) is 13.2. The zero-order chi connectivity index (χ0) is 12.0. The van der Waals surface area contributed by atoms with Crippen molar-refractivity contribution in [2.75, 3.05) is 5.88 Å². The number of hydrogen-bond donors (Lipinski definition) is 0. The van der Waals surface area contributed by atoms with Gasteiger partial charge in [-0.2, -0.15) is 0 Å². The molecule has 0 radical (unpaired) electrons. The number of hydrogen-bond acceptors (Lipinski definition) is 1. The number of Topliss-reactive ketones (excluding diaryl/α,β-unsaturated/α-hetero) is 1. The van der Waals surface area contributed by atoms with Gasteiger partial charge in [0.1, 0.15) is 5.82 Å². The third-order valence-corrected chi connectivity index (χ3v) is 2.78. The summed E-state index contributed by atoms with van der Waals surface area (Å²) in [6.07, 6.45) is 3.27. The molecule has 0 atom stereocenters. The summed E-state index contributed by atoms with van der Waals surface area (Å²) in [4.78, 5) is 11.7. The summed E-state index contributed by atoms with van der Waals surface area (Å²) in [7, 11) is 0. The number of benzene rings is 1. The van der Waals surface area contributed by atoms with Crippen molar-refractivity contribution in [3.63, 3.8) is 0 Å². The first-order valence-electron chi connectivity index (χ1n) is 5.50. The summed E-state index contributed by atoms with van der Waals surface area (Å²) < 4.78 is 13.0. The van der Waals surface area contributed by atoms with Gasteiger partial charge in [-0.15, -0.1) is 11.6 Å². The first-order valence-corrected chi connectivity index (χ1v) is 6.04. The monoisotopic (exact) mass is 242 g/mol. The molecule has 0 N–H and O–H groups in total. The second-order valence-electron chi connectivity index (χ2n) is 3.89. The maximum Gasteiger partial charge on any atom is 0.162 e. The molecular weight excluding hydrogens is 227 g/mol. The molecule has 1 aromatic rings. The Morgan fingerprint density at radius 2 is 2.06 bits per heavy atom. The van der Waals surface area contributed by atoms with Crippen LogP contribution < -0.4 is 0 Å². The zero-order valence-corrected chi connectivity index (χ0v) is 10.2. The minimum absolute atomic E-state index is 0.0812. The van der Waals surface area contributed by atoms with Gasteiger partial charge in [0.25, 0.3) is 0 Å². The summed E-state index contributed by atoms with van der Waals surface area (Å²) >= 11 is 5.55. The second kappa shape index (κ2) is 6.64. The molecule has 0 saturated heterocycles. The molecule has 0 fully saturated rings. The van der Waals surface area contributed by atoms with Crippen LogP contribution in [0.2, 0.25) is 0 Å². The molecule has 0 unspecified atom stereocenters. The molecule has 0 aliphatic rings. The summed E-state index contributed by atoms with van der Waals surface area (Å²) in [6, 6.07) is 4.51. The normalized spacial score (nSPS) is 10.4. The topological polar surface area (TPSA) is 17.1 Å². The number of alkyl halides is 1. The van der Waals surface area contributed by atoms with Crippen LogP contribution in [-0.2, 0) is 0 Å². The van der Waals surface area contributed by atoms with E-state index in [1.807, 2.05) is 0 Å². The van der Waals surface area contributed by atoms with Gasteiger partial charge >= 0.3 is 0 Å². The Hall–Kier alpha value is -0.890. The third-order valence-electron chi connectivity index (χ3n) is 2.52. The fourth-order valence-electron chi connectivity index (χ4n) is 1.52. The highest BCUT2D eigenvalue weighted by molar-refractivity contribution is 6.17. The highest BCUT2D eigenvalue weighted by Gasteiger charge is 2.07. The van der Waals surface area contributed by atoms with E-state index in [0.717, 1.165) is 19.3 Å². The van der Waals surface area contributed by atoms with E-state index >= 15 is 0 Å². The molecule has 1 aromatic carbocycles. The molecule has 0 aromatic heterocycles. The van der Waals surface area contributed by atoms with Crippen molar-refractivity contribution >= 4 is 17.4 Å². The molecule has 0 aliphatic heterocycles. The Bertz CT molecular complexity index is 363. The Kier molecular flexibility index (Phi) is 5.47. The molecule has 0 aliphatic carbocycles. The molecule has 3 heteroatoms. The van der Waals surface area contributed by atoms with Gasteiger partial charge in [-0.3, -0.25) is 4.79 Å². The lowest BCUT2D eigenvalue weighted by Crippen LogP contribution is -2.00. The van der Waals surface area contributed by atoms with Gasteiger partial charge in [-0.25, -0.2) is 4.39 Å². The highest BCUT2D eigenvalue weighted by Crippen LogP contribution is 2.13. The summed E-state index contributed by atoms with van der Waals surface area (Å²) in [5.41, 5.74) is 1.12. The SMILES string of the molecule is Cc1cc(C(=O)CCCCCCl)ccc1F. The van der Waals surface area contributed by atoms with Gasteiger partial charge in [-0.05, 0) is 43.5 Å². The fourth-order valence-corrected chi connectivity index (χ4v) is 1.71. The summed E-state index contributed by atoms with van der Waals surface area (Å²) in [5, 5.41) is 0. The maximum atomic E-state index is 13.0. The van der Waals surface area contributed by atoms with Crippen molar-refractivity contribution in [3.05, 3.63) is 35.1 Å². The molecule has 0 saturated carbocycles. The van der Waals surface area contributed by atoms with Crippen LogP contribution in [0.3, 0.4) is 0 Å². The Balaban J connectivity index is 2.50. The van der Waals surface area contributed by atoms with E-state index in [1.165, 1.54) is 6.07 Å². The minimum Gasteiger partial charge on any atom is -0.294 e. The number of halogens is 2. The lowest BCUT2D eigenvalue weighted by molar-refractivity contribution is 0.0979. The molecule has 0 bridgehead atoms.